The van der Waals surface area contributed by atoms with Crippen LogP contribution in [0.25, 0.3) is 0 Å². The number of rotatable bonds is 5. The summed E-state index contributed by atoms with van der Waals surface area (Å²) >= 11 is 0. The third-order valence-corrected chi connectivity index (χ3v) is 6.31. The van der Waals surface area contributed by atoms with Crippen molar-refractivity contribution < 1.29 is 4.74 Å². The average molecular weight is 325 g/mol. The molecule has 3 fully saturated rings. The van der Waals surface area contributed by atoms with Gasteiger partial charge in [0.25, 0.3) is 0 Å². The minimum atomic E-state index is 0.583. The van der Waals surface area contributed by atoms with Gasteiger partial charge in [-0.2, -0.15) is 0 Å². The van der Waals surface area contributed by atoms with Crippen molar-refractivity contribution >= 4 is 0 Å². The third-order valence-electron chi connectivity index (χ3n) is 6.31. The van der Waals surface area contributed by atoms with Crippen LogP contribution in [-0.4, -0.2) is 61.8 Å². The van der Waals surface area contributed by atoms with Gasteiger partial charge in [-0.15, -0.1) is 0 Å². The summed E-state index contributed by atoms with van der Waals surface area (Å²) in [5.41, 5.74) is 0.669. The summed E-state index contributed by atoms with van der Waals surface area (Å²) in [5.74, 6) is 0.958. The second kappa shape index (κ2) is 9.39. The van der Waals surface area contributed by atoms with E-state index in [-0.39, 0.29) is 0 Å². The molecule has 3 nitrogen and oxygen atoms in total. The van der Waals surface area contributed by atoms with Crippen molar-refractivity contribution in [3.8, 4) is 0 Å². The van der Waals surface area contributed by atoms with E-state index < -0.39 is 0 Å². The Morgan fingerprint density at radius 1 is 0.913 bits per heavy atom. The van der Waals surface area contributed by atoms with Gasteiger partial charge >= 0.3 is 0 Å². The first-order valence-electron chi connectivity index (χ1n) is 10.3. The lowest BCUT2D eigenvalue weighted by Gasteiger charge is -2.52. The van der Waals surface area contributed by atoms with Gasteiger partial charge in [0.2, 0.25) is 0 Å². The number of hydrogen-bond acceptors (Lipinski definition) is 3. The van der Waals surface area contributed by atoms with Gasteiger partial charge in [-0.05, 0) is 89.5 Å². The van der Waals surface area contributed by atoms with Crippen LogP contribution in [0.3, 0.4) is 0 Å². The maximum Gasteiger partial charge on any atom is 0.0585 e. The predicted molar refractivity (Wildman–Crippen MR) is 98.9 cm³/mol. The summed E-state index contributed by atoms with van der Waals surface area (Å²) in [6, 6.07) is 0. The molecule has 0 amide bonds. The summed E-state index contributed by atoms with van der Waals surface area (Å²) in [5, 5.41) is 0. The Bertz CT molecular complexity index is 310. The molecule has 0 aromatic carbocycles. The Balaban J connectivity index is 0.000000924. The average Bonchev–Trinajstić information content (AvgIpc) is 2.58. The topological polar surface area (TPSA) is 15.7 Å². The molecule has 23 heavy (non-hydrogen) atoms. The molecule has 0 N–H and O–H groups in total. The second-order valence-electron chi connectivity index (χ2n) is 7.66. The fourth-order valence-corrected chi connectivity index (χ4v) is 4.73. The SMILES string of the molecule is CC.CCOC1CC2(CCN(CC3CCN(CC)CC3)CC2)C1. The summed E-state index contributed by atoms with van der Waals surface area (Å²) in [6.45, 7) is 17.2. The van der Waals surface area contributed by atoms with Gasteiger partial charge in [0, 0.05) is 13.2 Å². The summed E-state index contributed by atoms with van der Waals surface area (Å²) < 4.78 is 5.76. The molecule has 3 heteroatoms. The second-order valence-corrected chi connectivity index (χ2v) is 7.66. The highest BCUT2D eigenvalue weighted by molar-refractivity contribution is 4.98. The molecular weight excluding hydrogens is 284 g/mol. The highest BCUT2D eigenvalue weighted by Gasteiger charge is 2.46. The molecule has 1 spiro atoms. The first kappa shape index (κ1) is 19.2. The maximum atomic E-state index is 5.76. The predicted octanol–water partition coefficient (Wildman–Crippen LogP) is 4.03. The van der Waals surface area contributed by atoms with Crippen LogP contribution in [0, 0.1) is 11.3 Å². The number of hydrogen-bond donors (Lipinski definition) is 0. The minimum Gasteiger partial charge on any atom is -0.378 e. The van der Waals surface area contributed by atoms with Crippen LogP contribution in [0.5, 0.6) is 0 Å². The lowest BCUT2D eigenvalue weighted by Crippen LogP contribution is -2.51. The van der Waals surface area contributed by atoms with E-state index in [1.165, 1.54) is 77.8 Å². The molecule has 0 bridgehead atoms. The number of ether oxygens (including phenoxy) is 1. The monoisotopic (exact) mass is 324 g/mol. The molecule has 1 saturated carbocycles. The Morgan fingerprint density at radius 2 is 1.52 bits per heavy atom. The molecule has 2 aliphatic heterocycles. The zero-order valence-corrected chi connectivity index (χ0v) is 16.1. The molecule has 0 radical (unpaired) electrons. The summed E-state index contributed by atoms with van der Waals surface area (Å²) in [7, 11) is 0. The molecule has 3 aliphatic rings. The molecule has 3 rings (SSSR count). The number of likely N-dealkylation sites (tertiary alicyclic amines) is 2. The highest BCUT2D eigenvalue weighted by atomic mass is 16.5. The van der Waals surface area contributed by atoms with Crippen LogP contribution >= 0.6 is 0 Å². The minimum absolute atomic E-state index is 0.583. The molecule has 0 unspecified atom stereocenters. The van der Waals surface area contributed by atoms with Crippen molar-refractivity contribution in [2.75, 3.05) is 45.9 Å². The first-order valence-corrected chi connectivity index (χ1v) is 10.3. The van der Waals surface area contributed by atoms with E-state index in [0.717, 1.165) is 12.5 Å². The molecule has 1 aliphatic carbocycles. The summed E-state index contributed by atoms with van der Waals surface area (Å²) in [6.07, 6.45) is 8.94. The van der Waals surface area contributed by atoms with E-state index in [1.54, 1.807) is 0 Å². The van der Waals surface area contributed by atoms with Crippen LogP contribution in [0.4, 0.5) is 0 Å². The van der Waals surface area contributed by atoms with E-state index in [4.69, 9.17) is 4.74 Å². The lowest BCUT2D eigenvalue weighted by molar-refractivity contribution is -0.102. The standard InChI is InChI=1S/C18H34N2O.C2H6/c1-3-19-9-5-16(6-10-19)15-20-11-7-18(8-12-20)13-17(14-18)21-4-2;1-2/h16-17H,3-15H2,1-2H3;1-2H3. The van der Waals surface area contributed by atoms with Crippen molar-refractivity contribution in [2.24, 2.45) is 11.3 Å². The first-order chi connectivity index (χ1) is 11.2. The number of piperidine rings is 2. The quantitative estimate of drug-likeness (QED) is 0.759. The Labute approximate surface area is 144 Å². The lowest BCUT2D eigenvalue weighted by atomic mass is 9.61. The number of nitrogens with zero attached hydrogens (tertiary/aromatic N) is 2. The zero-order valence-electron chi connectivity index (χ0n) is 16.1. The van der Waals surface area contributed by atoms with Crippen LogP contribution in [0.2, 0.25) is 0 Å². The Kier molecular flexibility index (Phi) is 7.84. The van der Waals surface area contributed by atoms with Gasteiger partial charge < -0.3 is 14.5 Å². The van der Waals surface area contributed by atoms with Crippen molar-refractivity contribution in [1.82, 2.24) is 9.80 Å². The van der Waals surface area contributed by atoms with Gasteiger partial charge in [0.05, 0.1) is 6.10 Å². The smallest absolute Gasteiger partial charge is 0.0585 e. The van der Waals surface area contributed by atoms with Gasteiger partial charge in [-0.1, -0.05) is 20.8 Å². The van der Waals surface area contributed by atoms with Gasteiger partial charge in [-0.25, -0.2) is 0 Å². The zero-order chi connectivity index (χ0) is 16.7. The molecule has 2 saturated heterocycles. The molecule has 136 valence electrons. The van der Waals surface area contributed by atoms with Gasteiger partial charge in [0.1, 0.15) is 0 Å². The van der Waals surface area contributed by atoms with Crippen molar-refractivity contribution in [3.05, 3.63) is 0 Å². The largest absolute Gasteiger partial charge is 0.378 e. The van der Waals surface area contributed by atoms with Crippen molar-refractivity contribution in [1.29, 1.82) is 0 Å². The van der Waals surface area contributed by atoms with Gasteiger partial charge in [-0.3, -0.25) is 0 Å². The van der Waals surface area contributed by atoms with E-state index in [9.17, 15) is 0 Å². The Morgan fingerprint density at radius 3 is 2.04 bits per heavy atom. The third kappa shape index (κ3) is 5.17. The van der Waals surface area contributed by atoms with E-state index in [2.05, 4.69) is 23.6 Å². The van der Waals surface area contributed by atoms with Crippen LogP contribution in [0.15, 0.2) is 0 Å². The van der Waals surface area contributed by atoms with Gasteiger partial charge in [0.15, 0.2) is 0 Å². The fourth-order valence-electron chi connectivity index (χ4n) is 4.73. The molecule has 0 aromatic heterocycles. The summed E-state index contributed by atoms with van der Waals surface area (Å²) in [4.78, 5) is 5.36. The molecule has 0 atom stereocenters. The maximum absolute atomic E-state index is 5.76. The van der Waals surface area contributed by atoms with E-state index in [1.807, 2.05) is 13.8 Å². The molecule has 2 heterocycles. The fraction of sp³-hybridized carbons (Fsp3) is 1.00. The van der Waals surface area contributed by atoms with Crippen LogP contribution in [-0.2, 0) is 4.74 Å². The normalized spacial score (nSPS) is 26.6. The molecular formula is C20H40N2O. The van der Waals surface area contributed by atoms with E-state index in [0.29, 0.717) is 11.5 Å². The van der Waals surface area contributed by atoms with Crippen LogP contribution < -0.4 is 0 Å². The highest BCUT2D eigenvalue weighted by Crippen LogP contribution is 2.50. The Hall–Kier alpha value is -0.120. The van der Waals surface area contributed by atoms with Crippen LogP contribution in [0.1, 0.15) is 66.2 Å². The van der Waals surface area contributed by atoms with E-state index >= 15 is 0 Å². The molecule has 0 aromatic rings. The van der Waals surface area contributed by atoms with Crippen molar-refractivity contribution in [2.45, 2.75) is 72.3 Å². The van der Waals surface area contributed by atoms with Crippen molar-refractivity contribution in [3.63, 3.8) is 0 Å².